The first-order valence-corrected chi connectivity index (χ1v) is 5.22. The number of halogens is 4. The minimum absolute atomic E-state index is 0.0288. The molecule has 0 saturated heterocycles. The third kappa shape index (κ3) is 2.62. The Balaban J connectivity index is 2.60. The number of hydrogen-bond donors (Lipinski definition) is 0. The highest BCUT2D eigenvalue weighted by Gasteiger charge is 2.33. The quantitative estimate of drug-likeness (QED) is 0.614. The van der Waals surface area contributed by atoms with Gasteiger partial charge in [0.1, 0.15) is 17.2 Å². The molecule has 1 aromatic carbocycles. The van der Waals surface area contributed by atoms with Gasteiger partial charge in [0, 0.05) is 11.1 Å². The fourth-order valence-corrected chi connectivity index (χ4v) is 1.63. The van der Waals surface area contributed by atoms with Gasteiger partial charge in [-0.25, -0.2) is 9.37 Å². The van der Waals surface area contributed by atoms with Gasteiger partial charge in [-0.05, 0) is 18.2 Å². The van der Waals surface area contributed by atoms with E-state index in [-0.39, 0.29) is 17.4 Å². The number of nitrogens with zero attached hydrogens (tertiary/aromatic N) is 1. The van der Waals surface area contributed by atoms with Crippen molar-refractivity contribution in [1.29, 1.82) is 0 Å². The van der Waals surface area contributed by atoms with Crippen LogP contribution in [-0.2, 0) is 6.18 Å². The lowest BCUT2D eigenvalue weighted by Crippen LogP contribution is -2.10. The Morgan fingerprint density at radius 2 is 1.68 bits per heavy atom. The molecule has 0 aliphatic carbocycles. The average Bonchev–Trinajstić information content (AvgIpc) is 2.37. The van der Waals surface area contributed by atoms with Crippen molar-refractivity contribution in [3.05, 3.63) is 53.6 Å². The van der Waals surface area contributed by atoms with Crippen LogP contribution in [0.2, 0.25) is 0 Å². The molecule has 2 nitrogen and oxygen atoms in total. The first kappa shape index (κ1) is 13.2. The summed E-state index contributed by atoms with van der Waals surface area (Å²) in [5.74, 6) is -0.632. The fourth-order valence-electron chi connectivity index (χ4n) is 1.63. The van der Waals surface area contributed by atoms with Crippen molar-refractivity contribution in [3.63, 3.8) is 0 Å². The smallest absolute Gasteiger partial charge is 0.296 e. The molecule has 0 fully saturated rings. The second-order valence-electron chi connectivity index (χ2n) is 3.72. The second kappa shape index (κ2) is 4.79. The van der Waals surface area contributed by atoms with Crippen molar-refractivity contribution in [2.24, 2.45) is 0 Å². The number of pyridine rings is 1. The summed E-state index contributed by atoms with van der Waals surface area (Å²) in [7, 11) is 0. The Morgan fingerprint density at radius 3 is 2.26 bits per heavy atom. The zero-order valence-corrected chi connectivity index (χ0v) is 9.41. The standard InChI is InChI=1S/C13H7F4NO/c14-10-4-2-1-3-8(10)9-5-6-12(13(15,16)17)18-11(9)7-19/h1-7H. The molecule has 1 aromatic heterocycles. The normalized spacial score (nSPS) is 11.4. The Hall–Kier alpha value is -2.24. The zero-order valence-electron chi connectivity index (χ0n) is 9.41. The first-order chi connectivity index (χ1) is 8.93. The number of hydrogen-bond acceptors (Lipinski definition) is 2. The predicted octanol–water partition coefficient (Wildman–Crippen LogP) is 3.72. The molecule has 0 amide bonds. The van der Waals surface area contributed by atoms with E-state index in [0.29, 0.717) is 0 Å². The van der Waals surface area contributed by atoms with Crippen molar-refractivity contribution in [2.45, 2.75) is 6.18 Å². The Morgan fingerprint density at radius 1 is 1.00 bits per heavy atom. The van der Waals surface area contributed by atoms with Crippen LogP contribution in [0.1, 0.15) is 16.2 Å². The summed E-state index contributed by atoms with van der Waals surface area (Å²) in [5, 5.41) is 0. The molecule has 0 unspecified atom stereocenters. The first-order valence-electron chi connectivity index (χ1n) is 5.22. The van der Waals surface area contributed by atoms with Crippen LogP contribution in [-0.4, -0.2) is 11.3 Å². The predicted molar refractivity (Wildman–Crippen MR) is 60.0 cm³/mol. The lowest BCUT2D eigenvalue weighted by molar-refractivity contribution is -0.141. The van der Waals surface area contributed by atoms with Crippen LogP contribution in [0.25, 0.3) is 11.1 Å². The van der Waals surface area contributed by atoms with E-state index < -0.39 is 23.4 Å². The number of benzene rings is 1. The summed E-state index contributed by atoms with van der Waals surface area (Å²) in [6, 6.07) is 7.24. The monoisotopic (exact) mass is 269 g/mol. The molecule has 0 radical (unpaired) electrons. The average molecular weight is 269 g/mol. The maximum absolute atomic E-state index is 13.6. The van der Waals surface area contributed by atoms with E-state index in [2.05, 4.69) is 4.98 Å². The summed E-state index contributed by atoms with van der Waals surface area (Å²) in [4.78, 5) is 14.1. The molecule has 0 spiro atoms. The number of carbonyl (C=O) groups excluding carboxylic acids is 1. The third-order valence-corrected chi connectivity index (χ3v) is 2.49. The van der Waals surface area contributed by atoms with Crippen molar-refractivity contribution in [2.75, 3.05) is 0 Å². The Kier molecular flexibility index (Phi) is 3.33. The van der Waals surface area contributed by atoms with E-state index in [9.17, 15) is 22.4 Å². The fraction of sp³-hybridized carbons (Fsp3) is 0.0769. The van der Waals surface area contributed by atoms with Crippen molar-refractivity contribution in [3.8, 4) is 11.1 Å². The minimum atomic E-state index is -4.65. The molecular formula is C13H7F4NO. The summed E-state index contributed by atoms with van der Waals surface area (Å²) in [6.45, 7) is 0. The molecule has 2 rings (SSSR count). The maximum atomic E-state index is 13.6. The largest absolute Gasteiger partial charge is 0.433 e. The number of aromatic nitrogens is 1. The van der Waals surface area contributed by atoms with Gasteiger partial charge in [0.05, 0.1) is 0 Å². The topological polar surface area (TPSA) is 30.0 Å². The highest BCUT2D eigenvalue weighted by atomic mass is 19.4. The van der Waals surface area contributed by atoms with E-state index in [1.165, 1.54) is 18.2 Å². The molecule has 19 heavy (non-hydrogen) atoms. The van der Waals surface area contributed by atoms with Crippen LogP contribution in [0.4, 0.5) is 17.6 Å². The molecule has 0 atom stereocenters. The van der Waals surface area contributed by atoms with Crippen LogP contribution >= 0.6 is 0 Å². The summed E-state index contributed by atoms with van der Waals surface area (Å²) >= 11 is 0. The molecule has 0 N–H and O–H groups in total. The van der Waals surface area contributed by atoms with Gasteiger partial charge in [-0.15, -0.1) is 0 Å². The van der Waals surface area contributed by atoms with Crippen LogP contribution in [0, 0.1) is 5.82 Å². The molecule has 0 aliphatic rings. The van der Waals surface area contributed by atoms with Gasteiger partial charge < -0.3 is 0 Å². The molecule has 0 bridgehead atoms. The zero-order chi connectivity index (χ0) is 14.0. The molecule has 1 heterocycles. The molecular weight excluding hydrogens is 262 g/mol. The van der Waals surface area contributed by atoms with Gasteiger partial charge in [-0.2, -0.15) is 13.2 Å². The minimum Gasteiger partial charge on any atom is -0.296 e. The van der Waals surface area contributed by atoms with Crippen molar-refractivity contribution in [1.82, 2.24) is 4.98 Å². The van der Waals surface area contributed by atoms with E-state index in [1.807, 2.05) is 0 Å². The van der Waals surface area contributed by atoms with E-state index in [4.69, 9.17) is 0 Å². The van der Waals surface area contributed by atoms with Gasteiger partial charge in [-0.3, -0.25) is 4.79 Å². The summed E-state index contributed by atoms with van der Waals surface area (Å²) in [5.41, 5.74) is -1.57. The van der Waals surface area contributed by atoms with E-state index in [1.54, 1.807) is 0 Å². The molecule has 98 valence electrons. The lowest BCUT2D eigenvalue weighted by atomic mass is 10.0. The lowest BCUT2D eigenvalue weighted by Gasteiger charge is -2.10. The highest BCUT2D eigenvalue weighted by molar-refractivity contribution is 5.85. The summed E-state index contributed by atoms with van der Waals surface area (Å²) < 4.78 is 51.0. The molecule has 6 heteroatoms. The van der Waals surface area contributed by atoms with Gasteiger partial charge in [0.25, 0.3) is 0 Å². The van der Waals surface area contributed by atoms with Crippen LogP contribution in [0.3, 0.4) is 0 Å². The Bertz CT molecular complexity index is 622. The third-order valence-electron chi connectivity index (χ3n) is 2.49. The van der Waals surface area contributed by atoms with Crippen molar-refractivity contribution < 1.29 is 22.4 Å². The Labute approximate surface area is 105 Å². The maximum Gasteiger partial charge on any atom is 0.433 e. The second-order valence-corrected chi connectivity index (χ2v) is 3.72. The van der Waals surface area contributed by atoms with Crippen LogP contribution in [0.5, 0.6) is 0 Å². The number of alkyl halides is 3. The van der Waals surface area contributed by atoms with Crippen LogP contribution < -0.4 is 0 Å². The van der Waals surface area contributed by atoms with E-state index >= 15 is 0 Å². The van der Waals surface area contributed by atoms with Gasteiger partial charge in [-0.1, -0.05) is 18.2 Å². The van der Waals surface area contributed by atoms with Gasteiger partial charge in [0.2, 0.25) is 0 Å². The number of carbonyl (C=O) groups is 1. The van der Waals surface area contributed by atoms with Gasteiger partial charge >= 0.3 is 6.18 Å². The van der Waals surface area contributed by atoms with Gasteiger partial charge in [0.15, 0.2) is 6.29 Å². The molecule has 2 aromatic rings. The van der Waals surface area contributed by atoms with Crippen molar-refractivity contribution >= 4 is 6.29 Å². The number of rotatable bonds is 2. The highest BCUT2D eigenvalue weighted by Crippen LogP contribution is 2.31. The molecule has 0 aliphatic heterocycles. The number of aldehydes is 1. The van der Waals surface area contributed by atoms with Crippen LogP contribution in [0.15, 0.2) is 36.4 Å². The SMILES string of the molecule is O=Cc1nc(C(F)(F)F)ccc1-c1ccccc1F. The van der Waals surface area contributed by atoms with E-state index in [0.717, 1.165) is 18.2 Å². The molecule has 0 saturated carbocycles. The summed E-state index contributed by atoms with van der Waals surface area (Å²) in [6.07, 6.45) is -4.47.